The lowest BCUT2D eigenvalue weighted by atomic mass is 9.95. The lowest BCUT2D eigenvalue weighted by Crippen LogP contribution is -2.58. The van der Waals surface area contributed by atoms with Crippen LogP contribution < -0.4 is 24.2 Å². The van der Waals surface area contributed by atoms with E-state index in [0.717, 1.165) is 21.2 Å². The van der Waals surface area contributed by atoms with Crippen LogP contribution in [0.2, 0.25) is 0 Å². The molecule has 0 unspecified atom stereocenters. The Morgan fingerprint density at radius 1 is 1.00 bits per heavy atom. The molecule has 0 bridgehead atoms. The van der Waals surface area contributed by atoms with Crippen molar-refractivity contribution in [3.05, 3.63) is 48.5 Å². The minimum Gasteiger partial charge on any atom is -0.306 e. The van der Waals surface area contributed by atoms with E-state index in [4.69, 9.17) is 18.6 Å². The Bertz CT molecular complexity index is 788. The van der Waals surface area contributed by atoms with Gasteiger partial charge in [-0.05, 0) is 37.1 Å². The summed E-state index contributed by atoms with van der Waals surface area (Å²) in [5, 5.41) is 3.48. The predicted molar refractivity (Wildman–Crippen MR) is 101 cm³/mol. The van der Waals surface area contributed by atoms with Gasteiger partial charge in [-0.15, -0.1) is 0 Å². The minimum atomic E-state index is -4.69. The summed E-state index contributed by atoms with van der Waals surface area (Å²) in [5.41, 5.74) is 1.99. The molecule has 2 aromatic rings. The Labute approximate surface area is 176 Å². The van der Waals surface area contributed by atoms with E-state index in [1.165, 1.54) is 32.1 Å². The van der Waals surface area contributed by atoms with Crippen LogP contribution in [0.1, 0.15) is 32.1 Å². The monoisotopic (exact) mass is 438 g/mol. The van der Waals surface area contributed by atoms with Gasteiger partial charge in [0.25, 0.3) is 0 Å². The fourth-order valence-electron chi connectivity index (χ4n) is 3.59. The number of halogens is 1. The highest BCUT2D eigenvalue weighted by Crippen LogP contribution is 2.47. The number of carbonyl (C=O) groups is 1. The zero-order valence-electron chi connectivity index (χ0n) is 15.8. The molecular formula is C20H23ClN2O5S. The highest BCUT2D eigenvalue weighted by atomic mass is 35.7. The molecule has 7 nitrogen and oxygen atoms in total. The van der Waals surface area contributed by atoms with Crippen molar-refractivity contribution in [1.29, 1.82) is 0 Å². The lowest BCUT2D eigenvalue weighted by molar-refractivity contribution is -1.92. The topological polar surface area (TPSA) is 122 Å². The molecule has 2 aromatic carbocycles. The summed E-state index contributed by atoms with van der Waals surface area (Å²) >= 11 is 1.74. The Kier molecular flexibility index (Phi) is 7.53. The predicted octanol–water partition coefficient (Wildman–Crippen LogP) is 0.614. The van der Waals surface area contributed by atoms with Crippen molar-refractivity contribution in [3.8, 4) is 0 Å². The summed E-state index contributed by atoms with van der Waals surface area (Å²) in [6.45, 7) is 0.401. The van der Waals surface area contributed by atoms with Crippen LogP contribution in [-0.2, 0) is 4.79 Å². The standard InChI is InChI=1S/C20H22N2OS.ClHO4/c23-20(14-21-15-8-2-1-3-9-15)22-16-10-4-6-12-18(16)24-19-13-7-5-11-17(19)22;2-1(3,4)5/h4-7,10-13,15,21H,1-3,8-9,14H2;(H,2,3,4,5). The number of nitrogens with zero attached hydrogens (tertiary/aromatic N) is 1. The van der Waals surface area contributed by atoms with Crippen molar-refractivity contribution in [2.45, 2.75) is 47.9 Å². The quantitative estimate of drug-likeness (QED) is 0.720. The van der Waals surface area contributed by atoms with Crippen molar-refractivity contribution in [3.63, 3.8) is 0 Å². The van der Waals surface area contributed by atoms with Crippen LogP contribution in [0.5, 0.6) is 0 Å². The first-order valence-corrected chi connectivity index (χ1v) is 11.5. The molecule has 1 amide bonds. The maximum atomic E-state index is 13.0. The number of hydrogen-bond acceptors (Lipinski definition) is 7. The molecule has 9 heteroatoms. The summed E-state index contributed by atoms with van der Waals surface area (Å²) in [6, 6.07) is 16.8. The molecule has 1 fully saturated rings. The lowest BCUT2D eigenvalue weighted by Gasteiger charge is -2.32. The van der Waals surface area contributed by atoms with E-state index in [0.29, 0.717) is 12.6 Å². The van der Waals surface area contributed by atoms with Gasteiger partial charge in [0.1, 0.15) is 0 Å². The highest BCUT2D eigenvalue weighted by Gasteiger charge is 2.28. The average Bonchev–Trinajstić information content (AvgIpc) is 2.69. The second kappa shape index (κ2) is 9.90. The third-order valence-electron chi connectivity index (χ3n) is 4.83. The summed E-state index contributed by atoms with van der Waals surface area (Å²) < 4.78 is 32.7. The zero-order valence-corrected chi connectivity index (χ0v) is 17.3. The molecule has 2 aliphatic rings. The number of fused-ring (bicyclic) bond motifs is 2. The van der Waals surface area contributed by atoms with Gasteiger partial charge in [0, 0.05) is 15.8 Å². The van der Waals surface area contributed by atoms with Crippen molar-refractivity contribution in [2.75, 3.05) is 11.4 Å². The maximum Gasteiger partial charge on any atom is 0.245 e. The van der Waals surface area contributed by atoms with Crippen molar-refractivity contribution in [1.82, 2.24) is 5.32 Å². The van der Waals surface area contributed by atoms with E-state index in [1.807, 2.05) is 41.3 Å². The first-order chi connectivity index (χ1) is 13.8. The molecule has 0 radical (unpaired) electrons. The molecule has 0 atom stereocenters. The van der Waals surface area contributed by atoms with Crippen LogP contribution in [0.25, 0.3) is 0 Å². The Hall–Kier alpha value is -1.65. The number of rotatable bonds is 3. The molecule has 1 aliphatic heterocycles. The normalized spacial score (nSPS) is 16.3. The van der Waals surface area contributed by atoms with Gasteiger partial charge in [-0.1, -0.05) is 55.3 Å². The molecule has 0 aromatic heterocycles. The van der Waals surface area contributed by atoms with Gasteiger partial charge in [-0.25, -0.2) is 0 Å². The first kappa shape index (κ1) is 22.0. The third-order valence-corrected chi connectivity index (χ3v) is 5.96. The number of benzene rings is 2. The van der Waals surface area contributed by atoms with Crippen molar-refractivity contribution in [2.24, 2.45) is 0 Å². The van der Waals surface area contributed by atoms with E-state index in [-0.39, 0.29) is 5.91 Å². The fraction of sp³-hybridized carbons (Fsp3) is 0.350. The number of hydrogen-bond donors (Lipinski definition) is 2. The van der Waals surface area contributed by atoms with Crippen molar-refractivity contribution >= 4 is 29.0 Å². The zero-order chi connectivity index (χ0) is 20.9. The van der Waals surface area contributed by atoms with Crippen LogP contribution in [0.4, 0.5) is 11.4 Å². The molecule has 0 spiro atoms. The average molecular weight is 439 g/mol. The second-order valence-corrected chi connectivity index (χ2v) is 8.75. The molecule has 156 valence electrons. The molecule has 0 saturated heterocycles. The van der Waals surface area contributed by atoms with E-state index in [9.17, 15) is 4.79 Å². The van der Waals surface area contributed by atoms with E-state index < -0.39 is 10.2 Å². The second-order valence-electron chi connectivity index (χ2n) is 6.88. The Morgan fingerprint density at radius 3 is 2.00 bits per heavy atom. The maximum absolute atomic E-state index is 13.0. The van der Waals surface area contributed by atoms with Gasteiger partial charge in [0.2, 0.25) is 5.91 Å². The minimum absolute atomic E-state index is 0.126. The largest absolute Gasteiger partial charge is 0.306 e. The molecule has 1 aliphatic carbocycles. The van der Waals surface area contributed by atoms with Gasteiger partial charge < -0.3 is 5.32 Å². The van der Waals surface area contributed by atoms with Crippen LogP contribution in [0.3, 0.4) is 0 Å². The third kappa shape index (κ3) is 6.42. The molecule has 2 N–H and O–H groups in total. The molecule has 4 rings (SSSR count). The van der Waals surface area contributed by atoms with Gasteiger partial charge >= 0.3 is 0 Å². The van der Waals surface area contributed by atoms with Gasteiger partial charge in [-0.3, -0.25) is 9.69 Å². The number of amides is 1. The van der Waals surface area contributed by atoms with Crippen LogP contribution >= 0.6 is 11.8 Å². The van der Waals surface area contributed by atoms with Crippen LogP contribution in [0.15, 0.2) is 58.3 Å². The number of anilines is 2. The first-order valence-electron chi connectivity index (χ1n) is 9.38. The van der Waals surface area contributed by atoms with E-state index in [2.05, 4.69) is 17.4 Å². The summed E-state index contributed by atoms with van der Waals surface area (Å²) in [6.07, 6.45) is 6.26. The SMILES string of the molecule is O=C(CNC1CCCCC1)N1c2ccccc2Sc2ccccc21.[O-][Cl+3]([O-])([O-])O. The smallest absolute Gasteiger partial charge is 0.245 e. The molecule has 1 saturated carbocycles. The van der Waals surface area contributed by atoms with Crippen LogP contribution in [0, 0.1) is 10.2 Å². The number of carbonyl (C=O) groups excluding carboxylic acids is 1. The highest BCUT2D eigenvalue weighted by molar-refractivity contribution is 7.99. The fourth-order valence-corrected chi connectivity index (χ4v) is 4.65. The Morgan fingerprint density at radius 2 is 1.48 bits per heavy atom. The van der Waals surface area contributed by atoms with Crippen molar-refractivity contribution < 1.29 is 33.7 Å². The summed E-state index contributed by atoms with van der Waals surface area (Å²) in [7, 11) is -4.69. The van der Waals surface area contributed by atoms with E-state index >= 15 is 0 Å². The van der Waals surface area contributed by atoms with Gasteiger partial charge in [-0.2, -0.15) is 14.0 Å². The summed E-state index contributed by atoms with van der Waals surface area (Å²) in [4.78, 5) is 17.2. The Balaban J connectivity index is 0.000000431. The molecule has 29 heavy (non-hydrogen) atoms. The molecule has 1 heterocycles. The van der Waals surface area contributed by atoms with E-state index in [1.54, 1.807) is 11.8 Å². The van der Waals surface area contributed by atoms with Gasteiger partial charge in [0.05, 0.1) is 32.8 Å². The number of para-hydroxylation sites is 2. The van der Waals surface area contributed by atoms with Gasteiger partial charge in [0.15, 0.2) is 0 Å². The number of nitrogens with one attached hydrogen (secondary N) is 1. The molecular weight excluding hydrogens is 416 g/mol. The summed E-state index contributed by atoms with van der Waals surface area (Å²) in [5.74, 6) is 0.126. The van der Waals surface area contributed by atoms with Crippen LogP contribution in [-0.4, -0.2) is 23.2 Å².